The molecule has 0 saturated heterocycles. The molecule has 0 aliphatic heterocycles. The molecule has 0 fully saturated rings. The van der Waals surface area contributed by atoms with E-state index in [4.69, 9.17) is 4.74 Å². The number of hydrogen-bond acceptors (Lipinski definition) is 6. The average molecular weight is 351 g/mol. The Morgan fingerprint density at radius 3 is 2.91 bits per heavy atom. The summed E-state index contributed by atoms with van der Waals surface area (Å²) in [6, 6.07) is 3.85. The number of aryl methyl sites for hydroxylation is 1. The molecule has 2 heterocycles. The molecule has 0 aromatic carbocycles. The number of aromatic nitrogens is 2. The van der Waals surface area contributed by atoms with Crippen molar-refractivity contribution in [1.82, 2.24) is 9.97 Å². The summed E-state index contributed by atoms with van der Waals surface area (Å²) in [5, 5.41) is 1.70. The predicted molar refractivity (Wildman–Crippen MR) is 97.0 cm³/mol. The van der Waals surface area contributed by atoms with Crippen LogP contribution >= 0.6 is 23.1 Å². The number of carbonyl (C=O) groups excluding carboxylic acids is 1. The van der Waals surface area contributed by atoms with Crippen molar-refractivity contribution in [3.8, 4) is 10.6 Å². The van der Waals surface area contributed by atoms with E-state index in [1.807, 2.05) is 32.2 Å². The number of thioether (sulfide) groups is 1. The summed E-state index contributed by atoms with van der Waals surface area (Å²) in [7, 11) is 1.60. The molecule has 0 aliphatic carbocycles. The molecule has 5 nitrogen and oxygen atoms in total. The first-order chi connectivity index (χ1) is 11.1. The van der Waals surface area contributed by atoms with Crippen LogP contribution in [-0.2, 0) is 9.53 Å². The molecule has 2 aromatic rings. The van der Waals surface area contributed by atoms with Crippen LogP contribution in [0.1, 0.15) is 12.6 Å². The van der Waals surface area contributed by atoms with Crippen molar-refractivity contribution in [1.29, 1.82) is 0 Å². The number of hydrogen-bond donors (Lipinski definition) is 0. The smallest absolute Gasteiger partial charge is 0.233 e. The molecule has 0 radical (unpaired) electrons. The zero-order chi connectivity index (χ0) is 16.8. The number of pyridine rings is 1. The van der Waals surface area contributed by atoms with E-state index in [0.29, 0.717) is 0 Å². The lowest BCUT2D eigenvalue weighted by atomic mass is 10.2. The first-order valence-corrected chi connectivity index (χ1v) is 9.46. The third-order valence-electron chi connectivity index (χ3n) is 3.29. The van der Waals surface area contributed by atoms with E-state index in [1.54, 1.807) is 36.2 Å². The second kappa shape index (κ2) is 8.42. The Kier molecular flexibility index (Phi) is 6.56. The quantitative estimate of drug-likeness (QED) is 0.715. The minimum Gasteiger partial charge on any atom is -0.364 e. The molecule has 0 aliphatic rings. The second-order valence-electron chi connectivity index (χ2n) is 5.19. The van der Waals surface area contributed by atoms with E-state index in [-0.39, 0.29) is 18.6 Å². The number of nitrogens with zero attached hydrogens (tertiary/aromatic N) is 3. The lowest BCUT2D eigenvalue weighted by Crippen LogP contribution is -2.37. The number of ether oxygens (including phenoxy) is 1. The maximum Gasteiger partial charge on any atom is 0.233 e. The minimum absolute atomic E-state index is 0.0608. The molecule has 1 unspecified atom stereocenters. The van der Waals surface area contributed by atoms with E-state index in [9.17, 15) is 4.79 Å². The van der Waals surface area contributed by atoms with E-state index >= 15 is 0 Å². The van der Waals surface area contributed by atoms with Crippen LogP contribution in [0.3, 0.4) is 0 Å². The van der Waals surface area contributed by atoms with Crippen LogP contribution in [0.5, 0.6) is 0 Å². The highest BCUT2D eigenvalue weighted by molar-refractivity contribution is 7.98. The van der Waals surface area contributed by atoms with Gasteiger partial charge in [-0.05, 0) is 25.3 Å². The standard InChI is InChI=1S/C16H21N3O2S2/c1-11(9-22-4)15(20)19(10-21-3)16-12(2)18-14(23-16)13-6-5-7-17-8-13/h5-8,11H,9-10H2,1-4H3. The number of carbonyl (C=O) groups is 1. The van der Waals surface area contributed by atoms with Crippen molar-refractivity contribution in [2.45, 2.75) is 13.8 Å². The monoisotopic (exact) mass is 351 g/mol. The van der Waals surface area contributed by atoms with Gasteiger partial charge in [-0.1, -0.05) is 18.3 Å². The van der Waals surface area contributed by atoms with Gasteiger partial charge in [0.05, 0.1) is 5.69 Å². The maximum absolute atomic E-state index is 12.7. The van der Waals surface area contributed by atoms with Gasteiger partial charge in [-0.3, -0.25) is 14.7 Å². The molecule has 0 bridgehead atoms. The molecule has 0 saturated carbocycles. The Morgan fingerprint density at radius 2 is 2.30 bits per heavy atom. The molecule has 23 heavy (non-hydrogen) atoms. The molecule has 1 amide bonds. The zero-order valence-corrected chi connectivity index (χ0v) is 15.4. The lowest BCUT2D eigenvalue weighted by Gasteiger charge is -2.23. The van der Waals surface area contributed by atoms with Gasteiger partial charge in [-0.2, -0.15) is 11.8 Å². The molecule has 0 spiro atoms. The summed E-state index contributed by atoms with van der Waals surface area (Å²) >= 11 is 3.16. The van der Waals surface area contributed by atoms with Crippen LogP contribution in [0, 0.1) is 12.8 Å². The fraction of sp³-hybridized carbons (Fsp3) is 0.438. The SMILES string of the molecule is COCN(C(=O)C(C)CSC)c1sc(-c2cccnc2)nc1C. The van der Waals surface area contributed by atoms with Crippen molar-refractivity contribution >= 4 is 34.0 Å². The molecule has 7 heteroatoms. The fourth-order valence-electron chi connectivity index (χ4n) is 2.19. The molecular formula is C16H21N3O2S2. The van der Waals surface area contributed by atoms with Gasteiger partial charge in [0.2, 0.25) is 5.91 Å². The average Bonchev–Trinajstić information content (AvgIpc) is 2.94. The predicted octanol–water partition coefficient (Wildman–Crippen LogP) is 3.45. The fourth-order valence-corrected chi connectivity index (χ4v) is 3.88. The molecule has 0 N–H and O–H groups in total. The third kappa shape index (κ3) is 4.31. The van der Waals surface area contributed by atoms with E-state index in [1.165, 1.54) is 11.3 Å². The van der Waals surface area contributed by atoms with Crippen molar-refractivity contribution in [3.05, 3.63) is 30.2 Å². The summed E-state index contributed by atoms with van der Waals surface area (Å²) in [5.74, 6) is 0.779. The van der Waals surface area contributed by atoms with Gasteiger partial charge in [0.25, 0.3) is 0 Å². The van der Waals surface area contributed by atoms with Crippen LogP contribution in [0.2, 0.25) is 0 Å². The normalized spacial score (nSPS) is 12.2. The summed E-state index contributed by atoms with van der Waals surface area (Å²) in [4.78, 5) is 23.1. The first-order valence-electron chi connectivity index (χ1n) is 7.25. The number of thiazole rings is 1. The molecule has 2 aromatic heterocycles. The largest absolute Gasteiger partial charge is 0.364 e. The Labute approximate surface area is 145 Å². The van der Waals surface area contributed by atoms with Gasteiger partial charge in [-0.25, -0.2) is 4.98 Å². The van der Waals surface area contributed by atoms with Gasteiger partial charge >= 0.3 is 0 Å². The van der Waals surface area contributed by atoms with Gasteiger partial charge in [0, 0.05) is 36.7 Å². The summed E-state index contributed by atoms with van der Waals surface area (Å²) in [6.45, 7) is 4.09. The van der Waals surface area contributed by atoms with Crippen LogP contribution in [0.4, 0.5) is 5.00 Å². The van der Waals surface area contributed by atoms with Gasteiger partial charge < -0.3 is 4.74 Å². The molecule has 2 rings (SSSR count). The van der Waals surface area contributed by atoms with Crippen molar-refractivity contribution in [2.75, 3.05) is 30.7 Å². The van der Waals surface area contributed by atoms with E-state index in [0.717, 1.165) is 27.0 Å². The van der Waals surface area contributed by atoms with Crippen LogP contribution in [0.15, 0.2) is 24.5 Å². The van der Waals surface area contributed by atoms with Crippen molar-refractivity contribution < 1.29 is 9.53 Å². The Morgan fingerprint density at radius 1 is 1.52 bits per heavy atom. The van der Waals surface area contributed by atoms with Gasteiger partial charge in [0.1, 0.15) is 16.7 Å². The number of anilines is 1. The van der Waals surface area contributed by atoms with Gasteiger partial charge in [0.15, 0.2) is 0 Å². The van der Waals surface area contributed by atoms with E-state index in [2.05, 4.69) is 9.97 Å². The summed E-state index contributed by atoms with van der Waals surface area (Å²) in [6.07, 6.45) is 5.51. The lowest BCUT2D eigenvalue weighted by molar-refractivity contribution is -0.122. The first kappa shape index (κ1) is 17.9. The molecule has 1 atom stereocenters. The van der Waals surface area contributed by atoms with Crippen molar-refractivity contribution in [2.24, 2.45) is 5.92 Å². The van der Waals surface area contributed by atoms with Crippen LogP contribution in [0.25, 0.3) is 10.6 Å². The molecule has 124 valence electrons. The van der Waals surface area contributed by atoms with Crippen molar-refractivity contribution in [3.63, 3.8) is 0 Å². The van der Waals surface area contributed by atoms with Crippen LogP contribution < -0.4 is 4.90 Å². The summed E-state index contributed by atoms with van der Waals surface area (Å²) in [5.41, 5.74) is 1.78. The highest BCUT2D eigenvalue weighted by Crippen LogP contribution is 2.34. The maximum atomic E-state index is 12.7. The Bertz CT molecular complexity index is 646. The Balaban J connectivity index is 2.33. The number of amides is 1. The second-order valence-corrected chi connectivity index (χ2v) is 7.08. The number of methoxy groups -OCH3 is 1. The minimum atomic E-state index is -0.0662. The zero-order valence-electron chi connectivity index (χ0n) is 13.8. The summed E-state index contributed by atoms with van der Waals surface area (Å²) < 4.78 is 5.24. The van der Waals surface area contributed by atoms with Gasteiger partial charge in [-0.15, -0.1) is 0 Å². The highest BCUT2D eigenvalue weighted by Gasteiger charge is 2.25. The van der Waals surface area contributed by atoms with Crippen LogP contribution in [-0.4, -0.2) is 41.7 Å². The highest BCUT2D eigenvalue weighted by atomic mass is 32.2. The van der Waals surface area contributed by atoms with E-state index < -0.39 is 0 Å². The number of rotatable bonds is 7. The topological polar surface area (TPSA) is 55.3 Å². The third-order valence-corrected chi connectivity index (χ3v) is 5.35. The molecular weight excluding hydrogens is 330 g/mol. The Hall–Kier alpha value is -1.44.